The van der Waals surface area contributed by atoms with Gasteiger partial charge < -0.3 is 10.6 Å². The second kappa shape index (κ2) is 7.66. The Morgan fingerprint density at radius 1 is 1.05 bits per heavy atom. The van der Waals surface area contributed by atoms with E-state index in [4.69, 9.17) is 5.73 Å². The maximum atomic E-state index is 5.68. The highest BCUT2D eigenvalue weighted by Gasteiger charge is 2.21. The quantitative estimate of drug-likeness (QED) is 0.779. The van der Waals surface area contributed by atoms with Crippen LogP contribution in [0.2, 0.25) is 0 Å². The first-order chi connectivity index (χ1) is 8.99. The van der Waals surface area contributed by atoms with E-state index in [0.29, 0.717) is 0 Å². The second-order valence-corrected chi connectivity index (χ2v) is 6.09. The highest BCUT2D eigenvalue weighted by atomic mass is 15.2. The van der Waals surface area contributed by atoms with Gasteiger partial charge in [0.05, 0.1) is 0 Å². The summed E-state index contributed by atoms with van der Waals surface area (Å²) < 4.78 is 0. The first kappa shape index (κ1) is 16.2. The van der Waals surface area contributed by atoms with Gasteiger partial charge in [-0.05, 0) is 57.8 Å². The summed E-state index contributed by atoms with van der Waals surface area (Å²) in [4.78, 5) is 2.42. The molecule has 0 aliphatic carbocycles. The van der Waals surface area contributed by atoms with Crippen LogP contribution < -0.4 is 5.73 Å². The Kier molecular flexibility index (Phi) is 6.53. The van der Waals surface area contributed by atoms with Crippen LogP contribution in [0.5, 0.6) is 0 Å². The summed E-state index contributed by atoms with van der Waals surface area (Å²) >= 11 is 0. The third kappa shape index (κ3) is 5.33. The maximum absolute atomic E-state index is 5.68. The molecule has 2 heteroatoms. The predicted molar refractivity (Wildman–Crippen MR) is 84.5 cm³/mol. The molecule has 0 fully saturated rings. The van der Waals surface area contributed by atoms with Gasteiger partial charge in [-0.15, -0.1) is 0 Å². The van der Waals surface area contributed by atoms with E-state index in [-0.39, 0.29) is 5.54 Å². The maximum Gasteiger partial charge on any atom is 0.0162 e. The van der Waals surface area contributed by atoms with Crippen molar-refractivity contribution in [1.82, 2.24) is 4.90 Å². The standard InChI is InChI=1S/C17H30N2/c1-5-6-15-7-9-16(10-8-15)11-14-19(4)17(2,3)12-13-18/h7-10H,5-6,11-14,18H2,1-4H3. The zero-order valence-electron chi connectivity index (χ0n) is 13.1. The SMILES string of the molecule is CCCc1ccc(CCN(C)C(C)(C)CCN)cc1. The molecule has 1 aromatic carbocycles. The third-order valence-electron chi connectivity index (χ3n) is 4.09. The number of benzene rings is 1. The van der Waals surface area contributed by atoms with Gasteiger partial charge in [-0.1, -0.05) is 37.6 Å². The van der Waals surface area contributed by atoms with Crippen molar-refractivity contribution >= 4 is 0 Å². The summed E-state index contributed by atoms with van der Waals surface area (Å²) in [5.74, 6) is 0. The van der Waals surface area contributed by atoms with Gasteiger partial charge >= 0.3 is 0 Å². The largest absolute Gasteiger partial charge is 0.330 e. The summed E-state index contributed by atoms with van der Waals surface area (Å²) in [6.07, 6.45) is 4.55. The summed E-state index contributed by atoms with van der Waals surface area (Å²) in [5, 5.41) is 0. The van der Waals surface area contributed by atoms with E-state index >= 15 is 0 Å². The minimum absolute atomic E-state index is 0.191. The van der Waals surface area contributed by atoms with Crippen LogP contribution in [-0.4, -0.2) is 30.6 Å². The van der Waals surface area contributed by atoms with Gasteiger partial charge in [-0.25, -0.2) is 0 Å². The van der Waals surface area contributed by atoms with Crippen LogP contribution in [0.3, 0.4) is 0 Å². The molecule has 0 radical (unpaired) electrons. The molecular weight excluding hydrogens is 232 g/mol. The first-order valence-electron chi connectivity index (χ1n) is 7.48. The monoisotopic (exact) mass is 262 g/mol. The second-order valence-electron chi connectivity index (χ2n) is 6.09. The zero-order valence-corrected chi connectivity index (χ0v) is 13.1. The lowest BCUT2D eigenvalue weighted by Crippen LogP contribution is -2.43. The van der Waals surface area contributed by atoms with Crippen LogP contribution in [0.4, 0.5) is 0 Å². The Morgan fingerprint density at radius 3 is 2.05 bits per heavy atom. The molecule has 0 unspecified atom stereocenters. The van der Waals surface area contributed by atoms with Crippen molar-refractivity contribution in [2.75, 3.05) is 20.1 Å². The molecule has 0 atom stereocenters. The van der Waals surface area contributed by atoms with Gasteiger partial charge in [0.2, 0.25) is 0 Å². The van der Waals surface area contributed by atoms with Crippen molar-refractivity contribution in [3.8, 4) is 0 Å². The highest BCUT2D eigenvalue weighted by Crippen LogP contribution is 2.17. The lowest BCUT2D eigenvalue weighted by atomic mass is 9.98. The van der Waals surface area contributed by atoms with Crippen LogP contribution in [-0.2, 0) is 12.8 Å². The number of nitrogens with two attached hydrogens (primary N) is 1. The fraction of sp³-hybridized carbons (Fsp3) is 0.647. The molecule has 0 heterocycles. The number of hydrogen-bond donors (Lipinski definition) is 1. The van der Waals surface area contributed by atoms with Gasteiger partial charge in [-0.3, -0.25) is 0 Å². The van der Waals surface area contributed by atoms with Crippen LogP contribution in [0, 0.1) is 0 Å². The molecule has 0 aromatic heterocycles. The van der Waals surface area contributed by atoms with Crippen molar-refractivity contribution in [2.45, 2.75) is 52.0 Å². The average molecular weight is 262 g/mol. The van der Waals surface area contributed by atoms with Crippen molar-refractivity contribution < 1.29 is 0 Å². The Balaban J connectivity index is 2.47. The molecule has 1 aromatic rings. The minimum atomic E-state index is 0.191. The Hall–Kier alpha value is -0.860. The Morgan fingerprint density at radius 2 is 1.58 bits per heavy atom. The van der Waals surface area contributed by atoms with Crippen molar-refractivity contribution in [3.63, 3.8) is 0 Å². The Bertz CT molecular complexity index is 354. The average Bonchev–Trinajstić information content (AvgIpc) is 2.38. The molecule has 0 spiro atoms. The van der Waals surface area contributed by atoms with Crippen LogP contribution in [0.1, 0.15) is 44.7 Å². The summed E-state index contributed by atoms with van der Waals surface area (Å²) in [5.41, 5.74) is 8.74. The topological polar surface area (TPSA) is 29.3 Å². The van der Waals surface area contributed by atoms with Gasteiger partial charge in [0, 0.05) is 12.1 Å². The van der Waals surface area contributed by atoms with Gasteiger partial charge in [-0.2, -0.15) is 0 Å². The normalized spacial score (nSPS) is 12.1. The van der Waals surface area contributed by atoms with E-state index in [0.717, 1.165) is 25.9 Å². The molecule has 2 nitrogen and oxygen atoms in total. The molecule has 0 amide bonds. The van der Waals surface area contributed by atoms with E-state index in [2.05, 4.69) is 57.0 Å². The van der Waals surface area contributed by atoms with Crippen LogP contribution in [0.15, 0.2) is 24.3 Å². The molecule has 0 saturated heterocycles. The predicted octanol–water partition coefficient (Wildman–Crippen LogP) is 3.24. The molecule has 19 heavy (non-hydrogen) atoms. The lowest BCUT2D eigenvalue weighted by molar-refractivity contribution is 0.150. The summed E-state index contributed by atoms with van der Waals surface area (Å²) in [7, 11) is 2.20. The molecule has 0 saturated carbocycles. The van der Waals surface area contributed by atoms with E-state index < -0.39 is 0 Å². The van der Waals surface area contributed by atoms with E-state index in [1.807, 2.05) is 0 Å². The molecule has 2 N–H and O–H groups in total. The Labute approximate surface area is 119 Å². The highest BCUT2D eigenvalue weighted by molar-refractivity contribution is 5.22. The van der Waals surface area contributed by atoms with Gasteiger partial charge in [0.15, 0.2) is 0 Å². The minimum Gasteiger partial charge on any atom is -0.330 e. The van der Waals surface area contributed by atoms with Crippen molar-refractivity contribution in [3.05, 3.63) is 35.4 Å². The van der Waals surface area contributed by atoms with Gasteiger partial charge in [0.25, 0.3) is 0 Å². The number of aryl methyl sites for hydroxylation is 1. The number of rotatable bonds is 8. The molecule has 1 rings (SSSR count). The molecule has 0 aliphatic heterocycles. The lowest BCUT2D eigenvalue weighted by Gasteiger charge is -2.35. The molecular formula is C17H30N2. The van der Waals surface area contributed by atoms with E-state index in [1.165, 1.54) is 24.0 Å². The first-order valence-corrected chi connectivity index (χ1v) is 7.48. The fourth-order valence-electron chi connectivity index (χ4n) is 2.30. The van der Waals surface area contributed by atoms with Crippen LogP contribution in [0.25, 0.3) is 0 Å². The number of hydrogen-bond acceptors (Lipinski definition) is 2. The van der Waals surface area contributed by atoms with E-state index in [9.17, 15) is 0 Å². The summed E-state index contributed by atoms with van der Waals surface area (Å²) in [6, 6.07) is 9.08. The van der Waals surface area contributed by atoms with Crippen molar-refractivity contribution in [2.24, 2.45) is 5.73 Å². The molecule has 108 valence electrons. The summed E-state index contributed by atoms with van der Waals surface area (Å²) in [6.45, 7) is 8.60. The number of nitrogens with zero attached hydrogens (tertiary/aromatic N) is 1. The molecule has 0 aliphatic rings. The fourth-order valence-corrected chi connectivity index (χ4v) is 2.30. The number of likely N-dealkylation sites (N-methyl/N-ethyl adjacent to an activating group) is 1. The van der Waals surface area contributed by atoms with E-state index in [1.54, 1.807) is 0 Å². The molecule has 0 bridgehead atoms. The smallest absolute Gasteiger partial charge is 0.0162 e. The van der Waals surface area contributed by atoms with Crippen molar-refractivity contribution in [1.29, 1.82) is 0 Å². The van der Waals surface area contributed by atoms with Crippen LogP contribution >= 0.6 is 0 Å². The van der Waals surface area contributed by atoms with Gasteiger partial charge in [0.1, 0.15) is 0 Å². The zero-order chi connectivity index (χ0) is 14.3. The third-order valence-corrected chi connectivity index (χ3v) is 4.09.